The van der Waals surface area contributed by atoms with Gasteiger partial charge in [0.2, 0.25) is 0 Å². The summed E-state index contributed by atoms with van der Waals surface area (Å²) in [4.78, 5) is 0. The second-order valence-electron chi connectivity index (χ2n) is 1.40. The van der Waals surface area contributed by atoms with E-state index in [2.05, 4.69) is 4.74 Å². The number of rotatable bonds is 2. The van der Waals surface area contributed by atoms with E-state index >= 15 is 0 Å². The summed E-state index contributed by atoms with van der Waals surface area (Å²) in [5.74, 6) is 0. The van der Waals surface area contributed by atoms with Crippen molar-refractivity contribution in [1.82, 2.24) is 0 Å². The first kappa shape index (κ1) is 8.71. The molecular weight excluding hydrogens is 137 g/mol. The predicted molar refractivity (Wildman–Crippen MR) is 21.9 cm³/mol. The van der Waals surface area contributed by atoms with E-state index in [0.717, 1.165) is 0 Å². The minimum Gasteiger partial charge on any atom is -0.259 e. The van der Waals surface area contributed by atoms with E-state index < -0.39 is 12.7 Å². The van der Waals surface area contributed by atoms with Gasteiger partial charge in [0.1, 0.15) is 0 Å². The molecule has 0 spiro atoms. The lowest BCUT2D eigenvalue weighted by molar-refractivity contribution is -0.381. The maximum absolute atomic E-state index is 11.1. The van der Waals surface area contributed by atoms with E-state index in [0.29, 0.717) is 0 Å². The normalized spacial score (nSPS) is 15.7. The molecule has 0 amide bonds. The van der Waals surface area contributed by atoms with E-state index in [-0.39, 0.29) is 6.42 Å². The Morgan fingerprint density at radius 2 is 2.00 bits per heavy atom. The van der Waals surface area contributed by atoms with Gasteiger partial charge in [0.05, 0.1) is 0 Å². The third kappa shape index (κ3) is 5.58. The molecule has 0 aliphatic heterocycles. The first-order valence-electron chi connectivity index (χ1n) is 2.36. The van der Waals surface area contributed by atoms with Crippen LogP contribution in [0.5, 0.6) is 0 Å². The van der Waals surface area contributed by atoms with Crippen LogP contribution >= 0.6 is 0 Å². The molecule has 9 heavy (non-hydrogen) atoms. The smallest absolute Gasteiger partial charge is 0.259 e. The van der Waals surface area contributed by atoms with Gasteiger partial charge < -0.3 is 0 Å². The summed E-state index contributed by atoms with van der Waals surface area (Å²) in [7, 11) is 0. The van der Waals surface area contributed by atoms with Crippen LogP contribution in [0.4, 0.5) is 13.2 Å². The van der Waals surface area contributed by atoms with Gasteiger partial charge in [0, 0.05) is 0 Å². The second kappa shape index (κ2) is 3.03. The molecule has 0 bridgehead atoms. The standard InChI is InChI=1S/C4H6F3O2/c1-2-3(8)9-4(5,6)7/h3H,2H2,1H3. The number of halogens is 3. The Morgan fingerprint density at radius 1 is 1.56 bits per heavy atom. The summed E-state index contributed by atoms with van der Waals surface area (Å²) in [6.45, 7) is 1.32. The highest BCUT2D eigenvalue weighted by Gasteiger charge is 2.32. The lowest BCUT2D eigenvalue weighted by atomic mass is 10.5. The van der Waals surface area contributed by atoms with Crippen LogP contribution in [-0.2, 0) is 9.84 Å². The summed E-state index contributed by atoms with van der Waals surface area (Å²) in [6.07, 6.45) is -6.95. The fourth-order valence-electron chi connectivity index (χ4n) is 0.232. The van der Waals surface area contributed by atoms with Gasteiger partial charge in [-0.3, -0.25) is 4.74 Å². The van der Waals surface area contributed by atoms with E-state index in [4.69, 9.17) is 0 Å². The van der Waals surface area contributed by atoms with Gasteiger partial charge in [0.15, 0.2) is 6.29 Å². The minimum atomic E-state index is -4.79. The highest BCUT2D eigenvalue weighted by atomic mass is 19.4. The first-order valence-corrected chi connectivity index (χ1v) is 2.36. The highest BCUT2D eigenvalue weighted by molar-refractivity contribution is 4.34. The Bertz CT molecular complexity index is 80.4. The molecular formula is C4H6F3O2. The quantitative estimate of drug-likeness (QED) is 0.540. The molecule has 0 heterocycles. The zero-order chi connectivity index (χ0) is 7.49. The Kier molecular flexibility index (Phi) is 2.93. The number of alkyl halides is 3. The molecule has 55 valence electrons. The topological polar surface area (TPSA) is 29.1 Å². The van der Waals surface area contributed by atoms with Crippen LogP contribution in [0.1, 0.15) is 13.3 Å². The largest absolute Gasteiger partial charge is 0.524 e. The molecule has 1 unspecified atom stereocenters. The van der Waals surface area contributed by atoms with Gasteiger partial charge in [-0.25, -0.2) is 5.11 Å². The van der Waals surface area contributed by atoms with Crippen molar-refractivity contribution < 1.29 is 23.0 Å². The summed E-state index contributed by atoms with van der Waals surface area (Å²) in [5, 5.41) is 9.97. The van der Waals surface area contributed by atoms with E-state index in [1.54, 1.807) is 0 Å². The van der Waals surface area contributed by atoms with Crippen molar-refractivity contribution in [2.45, 2.75) is 26.0 Å². The highest BCUT2D eigenvalue weighted by Crippen LogP contribution is 2.18. The molecule has 0 aromatic carbocycles. The van der Waals surface area contributed by atoms with Crippen molar-refractivity contribution in [3.63, 3.8) is 0 Å². The molecule has 0 rings (SSSR count). The molecule has 2 nitrogen and oxygen atoms in total. The van der Waals surface area contributed by atoms with Crippen LogP contribution in [0.3, 0.4) is 0 Å². The molecule has 0 saturated carbocycles. The lowest BCUT2D eigenvalue weighted by Crippen LogP contribution is -2.21. The van der Waals surface area contributed by atoms with Crippen molar-refractivity contribution in [2.75, 3.05) is 0 Å². The summed E-state index contributed by atoms with van der Waals surface area (Å²) in [5.41, 5.74) is 0. The van der Waals surface area contributed by atoms with Crippen molar-refractivity contribution in [3.8, 4) is 0 Å². The fraction of sp³-hybridized carbons (Fsp3) is 1.00. The number of ether oxygens (including phenoxy) is 1. The maximum atomic E-state index is 11.1. The van der Waals surface area contributed by atoms with Crippen LogP contribution in [-0.4, -0.2) is 12.7 Å². The fourth-order valence-corrected chi connectivity index (χ4v) is 0.232. The Labute approximate surface area is 50.2 Å². The van der Waals surface area contributed by atoms with E-state index in [1.807, 2.05) is 0 Å². The van der Waals surface area contributed by atoms with Crippen LogP contribution < -0.4 is 0 Å². The van der Waals surface area contributed by atoms with Gasteiger partial charge in [-0.05, 0) is 6.42 Å². The van der Waals surface area contributed by atoms with Gasteiger partial charge in [-0.15, -0.1) is 13.2 Å². The SMILES string of the molecule is CCC([O])OC(F)(F)F. The van der Waals surface area contributed by atoms with Crippen molar-refractivity contribution in [2.24, 2.45) is 0 Å². The monoisotopic (exact) mass is 143 g/mol. The molecule has 5 heteroatoms. The predicted octanol–water partition coefficient (Wildman–Crippen LogP) is 1.69. The Morgan fingerprint density at radius 3 is 2.11 bits per heavy atom. The van der Waals surface area contributed by atoms with Crippen molar-refractivity contribution in [3.05, 3.63) is 0 Å². The van der Waals surface area contributed by atoms with Gasteiger partial charge >= 0.3 is 6.36 Å². The van der Waals surface area contributed by atoms with Crippen LogP contribution in [0.2, 0.25) is 0 Å². The van der Waals surface area contributed by atoms with E-state index in [1.165, 1.54) is 6.92 Å². The summed E-state index contributed by atoms with van der Waals surface area (Å²) in [6, 6.07) is 0. The molecule has 0 N–H and O–H groups in total. The lowest BCUT2D eigenvalue weighted by Gasteiger charge is -2.08. The van der Waals surface area contributed by atoms with Crippen LogP contribution in [0.25, 0.3) is 0 Å². The van der Waals surface area contributed by atoms with Crippen LogP contribution in [0, 0.1) is 0 Å². The minimum absolute atomic E-state index is 0.181. The molecule has 0 aromatic rings. The number of hydrogen-bond acceptors (Lipinski definition) is 1. The molecule has 1 atom stereocenters. The third-order valence-electron chi connectivity index (χ3n) is 0.598. The van der Waals surface area contributed by atoms with Gasteiger partial charge in [-0.2, -0.15) is 0 Å². The third-order valence-corrected chi connectivity index (χ3v) is 0.598. The van der Waals surface area contributed by atoms with E-state index in [9.17, 15) is 18.3 Å². The summed E-state index contributed by atoms with van der Waals surface area (Å²) >= 11 is 0. The first-order chi connectivity index (χ1) is 3.95. The van der Waals surface area contributed by atoms with Crippen molar-refractivity contribution in [1.29, 1.82) is 0 Å². The van der Waals surface area contributed by atoms with Gasteiger partial charge in [-0.1, -0.05) is 6.92 Å². The average Bonchev–Trinajstić information content (AvgIpc) is 1.62. The molecule has 0 aliphatic rings. The van der Waals surface area contributed by atoms with Gasteiger partial charge in [0.25, 0.3) is 0 Å². The number of hydrogen-bond donors (Lipinski definition) is 0. The van der Waals surface area contributed by atoms with Crippen molar-refractivity contribution >= 4 is 0 Å². The average molecular weight is 143 g/mol. The Balaban J connectivity index is 3.47. The maximum Gasteiger partial charge on any atom is 0.524 e. The molecule has 0 saturated heterocycles. The molecule has 0 aliphatic carbocycles. The zero-order valence-corrected chi connectivity index (χ0v) is 4.73. The molecule has 0 aromatic heterocycles. The summed E-state index contributed by atoms with van der Waals surface area (Å²) < 4.78 is 36.2. The molecule has 1 radical (unpaired) electrons. The Hall–Kier alpha value is -0.290. The van der Waals surface area contributed by atoms with Crippen LogP contribution in [0.15, 0.2) is 0 Å². The molecule has 0 fully saturated rings. The second-order valence-corrected chi connectivity index (χ2v) is 1.40. The zero-order valence-electron chi connectivity index (χ0n) is 4.73.